The van der Waals surface area contributed by atoms with E-state index in [2.05, 4.69) is 27.5 Å². The lowest BCUT2D eigenvalue weighted by Gasteiger charge is -2.39. The van der Waals surface area contributed by atoms with Gasteiger partial charge in [-0.05, 0) is 42.8 Å². The molecule has 5 rings (SSSR count). The van der Waals surface area contributed by atoms with E-state index in [-0.39, 0.29) is 5.90 Å². The molecule has 33 heavy (non-hydrogen) atoms. The number of aliphatic imine (C=N–C) groups is 1. The van der Waals surface area contributed by atoms with Gasteiger partial charge in [-0.15, -0.1) is 0 Å². The van der Waals surface area contributed by atoms with Crippen LogP contribution >= 0.6 is 11.6 Å². The highest BCUT2D eigenvalue weighted by molar-refractivity contribution is 6.31. The van der Waals surface area contributed by atoms with E-state index in [1.807, 2.05) is 68.6 Å². The van der Waals surface area contributed by atoms with E-state index in [0.29, 0.717) is 28.3 Å². The summed E-state index contributed by atoms with van der Waals surface area (Å²) in [6.07, 6.45) is 0. The Balaban J connectivity index is 1.42. The van der Waals surface area contributed by atoms with Crippen molar-refractivity contribution in [1.82, 2.24) is 4.90 Å². The Hall–Kier alpha value is -3.35. The lowest BCUT2D eigenvalue weighted by atomic mass is 10.1. The summed E-state index contributed by atoms with van der Waals surface area (Å²) in [6, 6.07) is 21.5. The first-order chi connectivity index (χ1) is 15.9. The number of benzene rings is 3. The van der Waals surface area contributed by atoms with Gasteiger partial charge in [-0.25, -0.2) is 4.99 Å². The molecule has 3 aromatic carbocycles. The van der Waals surface area contributed by atoms with Crippen LogP contribution in [0.5, 0.6) is 0 Å². The van der Waals surface area contributed by atoms with Crippen LogP contribution in [0.3, 0.4) is 0 Å². The number of quaternary nitrogens is 1. The zero-order chi connectivity index (χ0) is 23.0. The molecule has 1 fully saturated rings. The Morgan fingerprint density at radius 2 is 1.82 bits per heavy atom. The summed E-state index contributed by atoms with van der Waals surface area (Å²) in [4.78, 5) is 7.30. The molecule has 2 aliphatic heterocycles. The first-order valence-electron chi connectivity index (χ1n) is 11.1. The Kier molecular flexibility index (Phi) is 5.56. The second kappa shape index (κ2) is 8.54. The fourth-order valence-electron chi connectivity index (χ4n) is 4.31. The van der Waals surface area contributed by atoms with Crippen molar-refractivity contribution < 1.29 is 9.70 Å². The zero-order valence-electron chi connectivity index (χ0n) is 18.8. The molecule has 0 spiro atoms. The number of fused-ring (bicyclic) bond motifs is 2. The smallest absolute Gasteiger partial charge is 0.139 e. The fraction of sp³-hybridized carbons (Fsp3) is 0.231. The summed E-state index contributed by atoms with van der Waals surface area (Å²) in [7, 11) is 2.02. The molecule has 2 aliphatic rings. The molecule has 2 heterocycles. The molecule has 168 valence electrons. The van der Waals surface area contributed by atoms with Gasteiger partial charge in [-0.3, -0.25) is 0 Å². The molecular formula is C26H26ClN5O. The predicted octanol–water partition coefficient (Wildman–Crippen LogP) is 4.27. The molecule has 0 radical (unpaired) electrons. The lowest BCUT2D eigenvalue weighted by Crippen LogP contribution is -2.56. The third-order valence-electron chi connectivity index (χ3n) is 6.22. The Bertz CT molecular complexity index is 1260. The van der Waals surface area contributed by atoms with Gasteiger partial charge in [-0.2, -0.15) is 4.59 Å². The average molecular weight is 460 g/mol. The number of likely N-dealkylation sites (N-methyl/N-ethyl adjacent to an activating group) is 1. The number of nitrogens with zero attached hydrogens (tertiary/aromatic N) is 4. The third kappa shape index (κ3) is 4.45. The van der Waals surface area contributed by atoms with Crippen molar-refractivity contribution in [3.8, 4) is 0 Å². The third-order valence-corrected chi connectivity index (χ3v) is 6.46. The molecule has 0 saturated carbocycles. The van der Waals surface area contributed by atoms with Crippen molar-refractivity contribution >= 4 is 40.4 Å². The minimum Gasteiger partial charge on any atom is -0.855 e. The molecule has 1 N–H and O–H groups in total. The number of rotatable bonds is 2. The quantitative estimate of drug-likeness (QED) is 0.353. The van der Waals surface area contributed by atoms with E-state index in [1.54, 1.807) is 0 Å². The van der Waals surface area contributed by atoms with Crippen molar-refractivity contribution in [2.75, 3.05) is 38.5 Å². The SMILES string of the molecule is Cc1cccc(/C([O-])=N/[N+]2(C)CCN(C3=Nc4cc(Cl)ccc4Nc4ccccc43)CC2)c1. The van der Waals surface area contributed by atoms with Crippen molar-refractivity contribution in [2.24, 2.45) is 10.1 Å². The maximum absolute atomic E-state index is 12.8. The topological polar surface area (TPSA) is 63.1 Å². The molecular weight excluding hydrogens is 434 g/mol. The molecule has 0 atom stereocenters. The van der Waals surface area contributed by atoms with E-state index in [9.17, 15) is 5.11 Å². The van der Waals surface area contributed by atoms with Crippen LogP contribution in [0.4, 0.5) is 17.1 Å². The summed E-state index contributed by atoms with van der Waals surface area (Å²) >= 11 is 6.26. The molecule has 3 aromatic rings. The molecule has 0 aliphatic carbocycles. The minimum atomic E-state index is -0.167. The number of aryl methyl sites for hydroxylation is 1. The molecule has 6 nitrogen and oxygen atoms in total. The number of nitrogens with one attached hydrogen (secondary N) is 1. The van der Waals surface area contributed by atoms with Crippen molar-refractivity contribution in [1.29, 1.82) is 0 Å². The average Bonchev–Trinajstić information content (AvgIpc) is 2.96. The monoisotopic (exact) mass is 459 g/mol. The summed E-state index contributed by atoms with van der Waals surface area (Å²) in [5.41, 5.74) is 5.50. The molecule has 0 aromatic heterocycles. The van der Waals surface area contributed by atoms with Gasteiger partial charge < -0.3 is 15.3 Å². The van der Waals surface area contributed by atoms with Gasteiger partial charge in [0.05, 0.1) is 37.4 Å². The molecule has 7 heteroatoms. The van der Waals surface area contributed by atoms with E-state index in [4.69, 9.17) is 16.6 Å². The van der Waals surface area contributed by atoms with Gasteiger partial charge >= 0.3 is 0 Å². The largest absolute Gasteiger partial charge is 0.855 e. The van der Waals surface area contributed by atoms with Crippen LogP contribution in [0, 0.1) is 6.92 Å². The van der Waals surface area contributed by atoms with Crippen LogP contribution in [-0.2, 0) is 0 Å². The van der Waals surface area contributed by atoms with E-state index < -0.39 is 0 Å². The zero-order valence-corrected chi connectivity index (χ0v) is 19.5. The maximum Gasteiger partial charge on any atom is 0.139 e. The number of halogens is 1. The van der Waals surface area contributed by atoms with Crippen LogP contribution in [0.15, 0.2) is 76.8 Å². The molecule has 0 unspecified atom stereocenters. The highest BCUT2D eigenvalue weighted by atomic mass is 35.5. The maximum atomic E-state index is 12.8. The van der Waals surface area contributed by atoms with Crippen LogP contribution in [0.2, 0.25) is 5.02 Å². The first-order valence-corrected chi connectivity index (χ1v) is 11.5. The standard InChI is InChI=1S/C26H26ClN5O/c1-18-6-5-7-19(16-18)26(33)30-32(2)14-12-31(13-15-32)25-21-8-3-4-9-22(21)28-23-11-10-20(27)17-24(23)29-25/h3-11,16-17H,12-15H2,1-2H3,(H-,28,29,30,33). The first kappa shape index (κ1) is 21.5. The van der Waals surface area contributed by atoms with E-state index in [1.165, 1.54) is 0 Å². The number of piperazine rings is 1. The Morgan fingerprint density at radius 3 is 2.61 bits per heavy atom. The summed E-state index contributed by atoms with van der Waals surface area (Å²) in [5, 5.41) is 21.5. The predicted molar refractivity (Wildman–Crippen MR) is 133 cm³/mol. The van der Waals surface area contributed by atoms with E-state index >= 15 is 0 Å². The number of anilines is 2. The van der Waals surface area contributed by atoms with Crippen molar-refractivity contribution in [3.05, 3.63) is 88.4 Å². The lowest BCUT2D eigenvalue weighted by molar-refractivity contribution is -0.920. The van der Waals surface area contributed by atoms with E-state index in [0.717, 1.165) is 47.1 Å². The normalized spacial score (nSPS) is 17.4. The molecule has 1 saturated heterocycles. The van der Waals surface area contributed by atoms with Gasteiger partial charge in [-0.1, -0.05) is 58.7 Å². The number of hydrogen-bond donors (Lipinski definition) is 1. The van der Waals surface area contributed by atoms with Crippen LogP contribution < -0.4 is 10.4 Å². The number of amidine groups is 1. The summed E-state index contributed by atoms with van der Waals surface area (Å²) < 4.78 is 0.360. The number of para-hydroxylation sites is 1. The second-order valence-electron chi connectivity index (χ2n) is 8.82. The van der Waals surface area contributed by atoms with Gasteiger partial charge in [0.25, 0.3) is 0 Å². The summed E-state index contributed by atoms with van der Waals surface area (Å²) in [6.45, 7) is 4.90. The highest BCUT2D eigenvalue weighted by Crippen LogP contribution is 2.36. The van der Waals surface area contributed by atoms with Crippen LogP contribution in [-0.4, -0.2) is 54.5 Å². The van der Waals surface area contributed by atoms with Gasteiger partial charge in [0.1, 0.15) is 18.9 Å². The van der Waals surface area contributed by atoms with Crippen LogP contribution in [0.1, 0.15) is 16.7 Å². The second-order valence-corrected chi connectivity index (χ2v) is 9.25. The highest BCUT2D eigenvalue weighted by Gasteiger charge is 2.32. The Morgan fingerprint density at radius 1 is 1.03 bits per heavy atom. The van der Waals surface area contributed by atoms with Gasteiger partial charge in [0, 0.05) is 16.3 Å². The van der Waals surface area contributed by atoms with Crippen LogP contribution in [0.25, 0.3) is 0 Å². The van der Waals surface area contributed by atoms with Crippen molar-refractivity contribution in [2.45, 2.75) is 6.92 Å². The fourth-order valence-corrected chi connectivity index (χ4v) is 4.48. The minimum absolute atomic E-state index is 0.167. The van der Waals surface area contributed by atoms with Crippen molar-refractivity contribution in [3.63, 3.8) is 0 Å². The van der Waals surface area contributed by atoms with Gasteiger partial charge in [0.15, 0.2) is 0 Å². The molecule has 0 bridgehead atoms. The number of hydrogen-bond acceptors (Lipinski definition) is 5. The summed E-state index contributed by atoms with van der Waals surface area (Å²) in [5.74, 6) is 0.745. The molecule has 0 amide bonds. The van der Waals surface area contributed by atoms with Gasteiger partial charge in [0.2, 0.25) is 0 Å². The Labute approximate surface area is 199 Å².